The van der Waals surface area contributed by atoms with Crippen LogP contribution in [0.25, 0.3) is 5.69 Å². The van der Waals surface area contributed by atoms with Crippen molar-refractivity contribution in [2.45, 2.75) is 69.8 Å². The number of piperidine rings is 1. The minimum absolute atomic E-state index is 0.167. The molecule has 8 rings (SSSR count). The molecule has 2 aliphatic heterocycles. The summed E-state index contributed by atoms with van der Waals surface area (Å²) in [4.78, 5) is 13.3. The van der Waals surface area contributed by atoms with Gasteiger partial charge in [-0.1, -0.05) is 11.6 Å². The number of aromatic nitrogens is 5. The Hall–Kier alpha value is -2.72. The molecule has 0 unspecified atom stereocenters. The van der Waals surface area contributed by atoms with Crippen molar-refractivity contribution in [1.82, 2.24) is 29.6 Å². The summed E-state index contributed by atoms with van der Waals surface area (Å²) in [5, 5.41) is 9.86. The van der Waals surface area contributed by atoms with Gasteiger partial charge in [-0.3, -0.25) is 14.5 Å². The van der Waals surface area contributed by atoms with E-state index in [9.17, 15) is 13.2 Å². The van der Waals surface area contributed by atoms with Crippen molar-refractivity contribution < 1.29 is 13.2 Å². The largest absolute Gasteiger partial charge is 0.394 e. The summed E-state index contributed by atoms with van der Waals surface area (Å²) in [6, 6.07) is 5.79. The number of anilines is 1. The lowest BCUT2D eigenvalue weighted by molar-refractivity contribution is -0.364. The molecule has 1 saturated heterocycles. The molecule has 7 nitrogen and oxygen atoms in total. The fraction of sp³-hybridized carbons (Fsp3) is 0.538. The molecule has 37 heavy (non-hydrogen) atoms. The van der Waals surface area contributed by atoms with Crippen molar-refractivity contribution in [1.29, 1.82) is 0 Å². The highest BCUT2D eigenvalue weighted by Crippen LogP contribution is 2.75. The SMILES string of the molecule is Cc1cncc(N2CCC(c3nnc4n3-c3ccc(Cl)cc3CN(C35CC(C(F)(F)F)(C3)C5)C4)CC2)n1. The van der Waals surface area contributed by atoms with Crippen molar-refractivity contribution in [3.63, 3.8) is 0 Å². The fourth-order valence-corrected chi connectivity index (χ4v) is 7.16. The van der Waals surface area contributed by atoms with Crippen molar-refractivity contribution in [3.05, 3.63) is 58.5 Å². The fourth-order valence-electron chi connectivity index (χ4n) is 6.97. The first-order valence-corrected chi connectivity index (χ1v) is 13.1. The number of alkyl halides is 3. The van der Waals surface area contributed by atoms with E-state index in [2.05, 4.69) is 34.5 Å². The predicted octanol–water partition coefficient (Wildman–Crippen LogP) is 5.20. The molecule has 0 radical (unpaired) electrons. The highest BCUT2D eigenvalue weighted by Gasteiger charge is 2.79. The van der Waals surface area contributed by atoms with Crippen LogP contribution in [-0.4, -0.2) is 54.4 Å². The van der Waals surface area contributed by atoms with Gasteiger partial charge in [-0.25, -0.2) is 4.98 Å². The Kier molecular flexibility index (Phi) is 4.99. The van der Waals surface area contributed by atoms with Gasteiger partial charge in [0.15, 0.2) is 5.82 Å². The number of hydrogen-bond acceptors (Lipinski definition) is 6. The van der Waals surface area contributed by atoms with Gasteiger partial charge in [-0.15, -0.1) is 10.2 Å². The molecule has 4 heterocycles. The van der Waals surface area contributed by atoms with E-state index in [1.54, 1.807) is 12.4 Å². The lowest BCUT2D eigenvalue weighted by Gasteiger charge is -2.73. The second kappa shape index (κ2) is 7.89. The first-order valence-electron chi connectivity index (χ1n) is 12.7. The number of fused-ring (bicyclic) bond motifs is 3. The third-order valence-electron chi connectivity index (χ3n) is 8.93. The van der Waals surface area contributed by atoms with Crippen LogP contribution in [0, 0.1) is 12.3 Å². The molecule has 4 fully saturated rings. The van der Waals surface area contributed by atoms with Gasteiger partial charge in [0.05, 0.1) is 29.5 Å². The summed E-state index contributed by atoms with van der Waals surface area (Å²) in [6.07, 6.45) is 1.73. The molecular formula is C26H27ClF3N7. The number of hydrogen-bond donors (Lipinski definition) is 0. The van der Waals surface area contributed by atoms with Gasteiger partial charge < -0.3 is 4.90 Å². The monoisotopic (exact) mass is 529 g/mol. The maximum absolute atomic E-state index is 13.6. The van der Waals surface area contributed by atoms with Gasteiger partial charge in [0, 0.05) is 42.3 Å². The molecular weight excluding hydrogens is 503 g/mol. The van der Waals surface area contributed by atoms with Gasteiger partial charge >= 0.3 is 6.18 Å². The first-order chi connectivity index (χ1) is 17.7. The van der Waals surface area contributed by atoms with Gasteiger partial charge in [-0.2, -0.15) is 13.2 Å². The molecule has 11 heteroatoms. The Balaban J connectivity index is 1.18. The summed E-state index contributed by atoms with van der Waals surface area (Å²) in [5.74, 6) is 2.81. The number of halogens is 4. The maximum atomic E-state index is 13.6. The lowest BCUT2D eigenvalue weighted by Crippen LogP contribution is -2.78. The third kappa shape index (κ3) is 3.51. The maximum Gasteiger partial charge on any atom is 0.394 e. The van der Waals surface area contributed by atoms with Gasteiger partial charge in [0.25, 0.3) is 0 Å². The van der Waals surface area contributed by atoms with E-state index in [1.165, 1.54) is 0 Å². The van der Waals surface area contributed by atoms with Crippen molar-refractivity contribution in [2.75, 3.05) is 18.0 Å². The molecule has 3 aliphatic carbocycles. The van der Waals surface area contributed by atoms with Crippen LogP contribution >= 0.6 is 11.6 Å². The normalized spacial score (nSPS) is 27.6. The highest BCUT2D eigenvalue weighted by atomic mass is 35.5. The number of aryl methyl sites for hydroxylation is 1. The lowest BCUT2D eigenvalue weighted by atomic mass is 9.38. The van der Waals surface area contributed by atoms with Crippen LogP contribution in [0.15, 0.2) is 30.6 Å². The van der Waals surface area contributed by atoms with Crippen molar-refractivity contribution >= 4 is 17.4 Å². The van der Waals surface area contributed by atoms with E-state index in [-0.39, 0.29) is 25.2 Å². The first kappa shape index (κ1) is 23.4. The summed E-state index contributed by atoms with van der Waals surface area (Å²) < 4.78 is 42.8. The van der Waals surface area contributed by atoms with Gasteiger partial charge in [0.1, 0.15) is 11.6 Å². The zero-order valence-electron chi connectivity index (χ0n) is 20.5. The predicted molar refractivity (Wildman–Crippen MR) is 132 cm³/mol. The van der Waals surface area contributed by atoms with E-state index in [0.29, 0.717) is 18.1 Å². The number of nitrogens with zero attached hydrogens (tertiary/aromatic N) is 7. The quantitative estimate of drug-likeness (QED) is 0.464. The highest BCUT2D eigenvalue weighted by molar-refractivity contribution is 6.30. The van der Waals surface area contributed by atoms with Crippen LogP contribution in [0.5, 0.6) is 0 Å². The Bertz CT molecular complexity index is 1360. The molecule has 5 aliphatic rings. The van der Waals surface area contributed by atoms with Crippen LogP contribution in [0.3, 0.4) is 0 Å². The minimum atomic E-state index is -4.13. The molecule has 0 spiro atoms. The van der Waals surface area contributed by atoms with Crippen LogP contribution in [-0.2, 0) is 13.1 Å². The summed E-state index contributed by atoms with van der Waals surface area (Å²) in [7, 11) is 0. The molecule has 3 aromatic rings. The van der Waals surface area contributed by atoms with Crippen LogP contribution in [0.1, 0.15) is 60.9 Å². The molecule has 2 aromatic heterocycles. The second-order valence-corrected chi connectivity index (χ2v) is 11.7. The average Bonchev–Trinajstić information content (AvgIpc) is 3.13. The van der Waals surface area contributed by atoms with E-state index < -0.39 is 17.1 Å². The zero-order chi connectivity index (χ0) is 25.6. The van der Waals surface area contributed by atoms with E-state index in [4.69, 9.17) is 11.6 Å². The molecule has 0 amide bonds. The van der Waals surface area contributed by atoms with Gasteiger partial charge in [0.2, 0.25) is 0 Å². The Morgan fingerprint density at radius 3 is 2.49 bits per heavy atom. The van der Waals surface area contributed by atoms with Crippen LogP contribution < -0.4 is 4.90 Å². The van der Waals surface area contributed by atoms with Crippen molar-refractivity contribution in [2.24, 2.45) is 5.41 Å². The Labute approximate surface area is 217 Å². The van der Waals surface area contributed by atoms with E-state index in [0.717, 1.165) is 60.3 Å². The summed E-state index contributed by atoms with van der Waals surface area (Å²) in [6.45, 7) is 4.65. The van der Waals surface area contributed by atoms with Crippen LogP contribution in [0.2, 0.25) is 5.02 Å². The molecule has 194 valence electrons. The van der Waals surface area contributed by atoms with Crippen LogP contribution in [0.4, 0.5) is 19.0 Å². The molecule has 1 aromatic carbocycles. The number of rotatable bonds is 3. The van der Waals surface area contributed by atoms with Crippen molar-refractivity contribution in [3.8, 4) is 5.69 Å². The van der Waals surface area contributed by atoms with E-state index in [1.807, 2.05) is 25.1 Å². The summed E-state index contributed by atoms with van der Waals surface area (Å²) >= 11 is 6.38. The van der Waals surface area contributed by atoms with Gasteiger partial charge in [-0.05, 0) is 62.8 Å². The molecule has 0 atom stereocenters. The molecule has 2 bridgehead atoms. The van der Waals surface area contributed by atoms with E-state index >= 15 is 0 Å². The standard InChI is InChI=1S/C26H27ClF3N7/c1-16-9-31-10-21(32-16)35-6-4-17(5-7-35)23-34-33-22-12-36(25-13-24(14-25,15-25)26(28,29)30)11-18-8-19(27)2-3-20(18)37(22)23/h2-3,8-10,17H,4-7,11-15H2,1H3. The average molecular weight is 530 g/mol. The second-order valence-electron chi connectivity index (χ2n) is 11.3. The summed E-state index contributed by atoms with van der Waals surface area (Å²) in [5.41, 5.74) is 0.963. The zero-order valence-corrected chi connectivity index (χ0v) is 21.2. The molecule has 3 saturated carbocycles. The topological polar surface area (TPSA) is 63.0 Å². The smallest absolute Gasteiger partial charge is 0.355 e. The minimum Gasteiger partial charge on any atom is -0.355 e. The Morgan fingerprint density at radius 2 is 1.78 bits per heavy atom. The number of benzene rings is 1. The Morgan fingerprint density at radius 1 is 1.03 bits per heavy atom. The molecule has 0 N–H and O–H groups in total. The third-order valence-corrected chi connectivity index (χ3v) is 9.17.